The summed E-state index contributed by atoms with van der Waals surface area (Å²) in [5, 5.41) is 3.10. The third kappa shape index (κ3) is 3.34. The lowest BCUT2D eigenvalue weighted by Gasteiger charge is -2.57. The first kappa shape index (κ1) is 18.0. The summed E-state index contributed by atoms with van der Waals surface area (Å²) in [5.41, 5.74) is 1.22. The molecule has 3 unspecified atom stereocenters. The van der Waals surface area contributed by atoms with E-state index in [0.29, 0.717) is 12.0 Å². The van der Waals surface area contributed by atoms with Gasteiger partial charge in [-0.3, -0.25) is 0 Å². The number of hydrogen-bond donors (Lipinski definition) is 1. The maximum atomic E-state index is 12.6. The molecule has 144 valence electrons. The van der Waals surface area contributed by atoms with Crippen molar-refractivity contribution in [2.75, 3.05) is 27.2 Å². The van der Waals surface area contributed by atoms with Crippen molar-refractivity contribution < 1.29 is 14.3 Å². The van der Waals surface area contributed by atoms with Crippen molar-refractivity contribution >= 4 is 17.6 Å². The van der Waals surface area contributed by atoms with Crippen molar-refractivity contribution in [1.82, 2.24) is 15.1 Å². The number of carbonyl (C=O) groups excluding carboxylic acids is 2. The quantitative estimate of drug-likeness (QED) is 0.810. The molecule has 3 aliphatic rings. The van der Waals surface area contributed by atoms with Crippen LogP contribution in [0.2, 0.25) is 0 Å². The largest absolute Gasteiger partial charge is 0.458 e. The second kappa shape index (κ2) is 7.00. The Morgan fingerprint density at radius 1 is 1.26 bits per heavy atom. The Bertz CT molecular complexity index is 761. The average molecular weight is 369 g/mol. The molecule has 6 heteroatoms. The van der Waals surface area contributed by atoms with Gasteiger partial charge >= 0.3 is 12.0 Å². The molecule has 27 heavy (non-hydrogen) atoms. The molecule has 0 radical (unpaired) electrons. The number of benzene rings is 1. The van der Waals surface area contributed by atoms with Gasteiger partial charge in [-0.2, -0.15) is 0 Å². The van der Waals surface area contributed by atoms with E-state index in [-0.39, 0.29) is 29.7 Å². The summed E-state index contributed by atoms with van der Waals surface area (Å²) in [4.78, 5) is 28.8. The van der Waals surface area contributed by atoms with Crippen LogP contribution in [0.3, 0.4) is 0 Å². The third-order valence-electron chi connectivity index (χ3n) is 5.94. The summed E-state index contributed by atoms with van der Waals surface area (Å²) in [6, 6.07) is 9.68. The van der Waals surface area contributed by atoms with Crippen molar-refractivity contribution in [2.24, 2.45) is 5.92 Å². The van der Waals surface area contributed by atoms with Crippen LogP contribution < -0.4 is 5.32 Å². The van der Waals surface area contributed by atoms with Crippen molar-refractivity contribution in [2.45, 2.75) is 37.5 Å². The number of fused-ring (bicyclic) bond motifs is 1. The Morgan fingerprint density at radius 2 is 2.04 bits per heavy atom. The summed E-state index contributed by atoms with van der Waals surface area (Å²) >= 11 is 0. The van der Waals surface area contributed by atoms with Crippen LogP contribution in [0.15, 0.2) is 36.4 Å². The normalized spacial score (nSPS) is 29.7. The fraction of sp³-hybridized carbons (Fsp3) is 0.524. The van der Waals surface area contributed by atoms with E-state index in [0.717, 1.165) is 37.9 Å². The van der Waals surface area contributed by atoms with Crippen LogP contribution in [0, 0.1) is 5.92 Å². The lowest BCUT2D eigenvalue weighted by Crippen LogP contribution is -2.78. The zero-order valence-electron chi connectivity index (χ0n) is 16.0. The lowest BCUT2D eigenvalue weighted by atomic mass is 9.74. The predicted molar refractivity (Wildman–Crippen MR) is 103 cm³/mol. The molecule has 1 spiro atoms. The van der Waals surface area contributed by atoms with Crippen LogP contribution in [-0.2, 0) is 9.53 Å². The number of nitrogens with one attached hydrogen (secondary N) is 1. The lowest BCUT2D eigenvalue weighted by molar-refractivity contribution is -0.153. The molecule has 1 aromatic carbocycles. The first-order chi connectivity index (χ1) is 13.0. The van der Waals surface area contributed by atoms with Crippen LogP contribution in [0.25, 0.3) is 5.57 Å². The van der Waals surface area contributed by atoms with Gasteiger partial charge in [0.25, 0.3) is 0 Å². The highest BCUT2D eigenvalue weighted by Crippen LogP contribution is 2.44. The fourth-order valence-electron chi connectivity index (χ4n) is 4.51. The van der Waals surface area contributed by atoms with E-state index >= 15 is 0 Å². The minimum absolute atomic E-state index is 0.00476. The first-order valence-electron chi connectivity index (χ1n) is 9.71. The maximum Gasteiger partial charge on any atom is 0.338 e. The van der Waals surface area contributed by atoms with E-state index in [2.05, 4.69) is 16.3 Å². The van der Waals surface area contributed by atoms with E-state index < -0.39 is 0 Å². The van der Waals surface area contributed by atoms with Gasteiger partial charge in [-0.15, -0.1) is 0 Å². The molecule has 1 aliphatic carbocycles. The van der Waals surface area contributed by atoms with Gasteiger partial charge in [-0.1, -0.05) is 36.4 Å². The Balaban J connectivity index is 1.46. The molecule has 1 N–H and O–H groups in total. The second-order valence-corrected chi connectivity index (χ2v) is 8.07. The van der Waals surface area contributed by atoms with Crippen LogP contribution >= 0.6 is 0 Å². The number of carbonyl (C=O) groups is 2. The molecule has 0 aromatic heterocycles. The van der Waals surface area contributed by atoms with Crippen molar-refractivity contribution in [3.8, 4) is 0 Å². The monoisotopic (exact) mass is 369 g/mol. The van der Waals surface area contributed by atoms with Gasteiger partial charge < -0.3 is 19.9 Å². The highest BCUT2D eigenvalue weighted by atomic mass is 16.5. The summed E-state index contributed by atoms with van der Waals surface area (Å²) in [7, 11) is 4.07. The minimum Gasteiger partial charge on any atom is -0.458 e. The molecule has 1 saturated carbocycles. The minimum atomic E-state index is -0.344. The van der Waals surface area contributed by atoms with Crippen molar-refractivity contribution in [3.05, 3.63) is 42.0 Å². The van der Waals surface area contributed by atoms with E-state index in [9.17, 15) is 9.59 Å². The molecule has 4 rings (SSSR count). The van der Waals surface area contributed by atoms with E-state index in [1.54, 1.807) is 0 Å². The van der Waals surface area contributed by atoms with Gasteiger partial charge in [0.05, 0.1) is 5.57 Å². The van der Waals surface area contributed by atoms with Gasteiger partial charge in [0.15, 0.2) is 0 Å². The fourth-order valence-corrected chi connectivity index (χ4v) is 4.51. The highest BCUT2D eigenvalue weighted by Gasteiger charge is 2.55. The van der Waals surface area contributed by atoms with Gasteiger partial charge in [-0.05, 0) is 45.5 Å². The smallest absolute Gasteiger partial charge is 0.338 e. The Kier molecular flexibility index (Phi) is 4.68. The molecule has 1 aromatic rings. The Morgan fingerprint density at radius 3 is 2.74 bits per heavy atom. The topological polar surface area (TPSA) is 61.9 Å². The van der Waals surface area contributed by atoms with Gasteiger partial charge in [-0.25, -0.2) is 9.59 Å². The molecule has 0 bridgehead atoms. The number of urea groups is 1. The average Bonchev–Trinajstić information content (AvgIpc) is 2.65. The van der Waals surface area contributed by atoms with Crippen molar-refractivity contribution in [1.29, 1.82) is 0 Å². The molecule has 2 amide bonds. The molecular weight excluding hydrogens is 342 g/mol. The zero-order chi connectivity index (χ0) is 19.0. The Hall–Kier alpha value is -2.34. The molecule has 6 nitrogen and oxygen atoms in total. The predicted octanol–water partition coefficient (Wildman–Crippen LogP) is 2.47. The summed E-state index contributed by atoms with van der Waals surface area (Å²) in [5.74, 6) is -0.0473. The zero-order valence-corrected chi connectivity index (χ0v) is 16.0. The van der Waals surface area contributed by atoms with Gasteiger partial charge in [0.2, 0.25) is 0 Å². The molecule has 2 aliphatic heterocycles. The van der Waals surface area contributed by atoms with Gasteiger partial charge in [0.1, 0.15) is 11.8 Å². The highest BCUT2D eigenvalue weighted by molar-refractivity contribution is 6.17. The summed E-state index contributed by atoms with van der Waals surface area (Å²) < 4.78 is 5.82. The van der Waals surface area contributed by atoms with Crippen LogP contribution in [0.5, 0.6) is 0 Å². The van der Waals surface area contributed by atoms with Gasteiger partial charge in [0, 0.05) is 18.9 Å². The van der Waals surface area contributed by atoms with Crippen LogP contribution in [0.4, 0.5) is 4.79 Å². The number of esters is 1. The first-order valence-corrected chi connectivity index (χ1v) is 9.71. The molecule has 1 saturated heterocycles. The Labute approximate surface area is 160 Å². The van der Waals surface area contributed by atoms with E-state index in [4.69, 9.17) is 4.74 Å². The maximum absolute atomic E-state index is 12.6. The third-order valence-corrected chi connectivity index (χ3v) is 5.94. The number of amides is 2. The van der Waals surface area contributed by atoms with E-state index in [1.165, 1.54) is 0 Å². The second-order valence-electron chi connectivity index (χ2n) is 8.07. The van der Waals surface area contributed by atoms with Crippen LogP contribution in [0.1, 0.15) is 31.2 Å². The number of nitrogens with zero attached hydrogens (tertiary/aromatic N) is 2. The molecule has 2 heterocycles. The number of rotatable bonds is 5. The molecule has 3 atom stereocenters. The standard InChI is InChI=1S/C21H27N3O3/c1-23(2)11-6-12-24-20(26)22-21(24)10-9-16-13-17(15-7-4-3-5-8-15)19(25)27-18(16)14-21/h3-5,7-8,13,16,18H,6,9-12,14H2,1-2H3,(H,22,26). The molecule has 2 fully saturated rings. The number of ether oxygens (including phenoxy) is 1. The van der Waals surface area contributed by atoms with Crippen molar-refractivity contribution in [3.63, 3.8) is 0 Å². The van der Waals surface area contributed by atoms with E-state index in [1.807, 2.05) is 49.3 Å². The summed E-state index contributed by atoms with van der Waals surface area (Å²) in [6.45, 7) is 1.69. The number of hydrogen-bond acceptors (Lipinski definition) is 4. The molecular formula is C21H27N3O3. The van der Waals surface area contributed by atoms with Crippen LogP contribution in [-0.4, -0.2) is 60.8 Å². The summed E-state index contributed by atoms with van der Waals surface area (Å²) in [6.07, 6.45) is 5.30. The SMILES string of the molecule is CN(C)CCCN1C(=O)NC12CCC1C=C(c3ccccc3)C(=O)OC1C2.